The third kappa shape index (κ3) is 4.02. The van der Waals surface area contributed by atoms with Crippen molar-refractivity contribution in [3.63, 3.8) is 0 Å². The fraction of sp³-hybridized carbons (Fsp3) is 0.250. The molecule has 3 aromatic heterocycles. The van der Waals surface area contributed by atoms with Gasteiger partial charge in [-0.05, 0) is 74.1 Å². The lowest BCUT2D eigenvalue weighted by Crippen LogP contribution is -2.24. The van der Waals surface area contributed by atoms with Crippen molar-refractivity contribution in [1.82, 2.24) is 14.5 Å². The molecule has 36 heavy (non-hydrogen) atoms. The largest absolute Gasteiger partial charge is 0.511 e. The number of aryl methyl sites for hydroxylation is 1. The lowest BCUT2D eigenvalue weighted by Gasteiger charge is -2.14. The van der Waals surface area contributed by atoms with E-state index in [1.165, 1.54) is 11.3 Å². The Morgan fingerprint density at radius 3 is 2.75 bits per heavy atom. The zero-order chi connectivity index (χ0) is 24.8. The molecule has 6 rings (SSSR count). The normalized spacial score (nSPS) is 18.7. The fourth-order valence-electron chi connectivity index (χ4n) is 5.19. The molecular weight excluding hydrogens is 472 g/mol. The van der Waals surface area contributed by atoms with Crippen molar-refractivity contribution in [1.29, 1.82) is 0 Å². The second-order valence-corrected chi connectivity index (χ2v) is 10.5. The van der Waals surface area contributed by atoms with Crippen LogP contribution in [0.2, 0.25) is 0 Å². The molecule has 3 N–H and O–H groups in total. The first-order valence-electron chi connectivity index (χ1n) is 12.1. The highest BCUT2D eigenvalue weighted by Gasteiger charge is 2.24. The number of hydrogen-bond donors (Lipinski definition) is 2. The number of aromatic nitrogens is 3. The summed E-state index contributed by atoms with van der Waals surface area (Å²) in [6, 6.07) is 17.2. The average Bonchev–Trinajstić information content (AvgIpc) is 3.44. The van der Waals surface area contributed by atoms with Crippen molar-refractivity contribution >= 4 is 38.3 Å². The van der Waals surface area contributed by atoms with Crippen LogP contribution in [-0.2, 0) is 0 Å². The van der Waals surface area contributed by atoms with Gasteiger partial charge in [-0.1, -0.05) is 18.2 Å². The maximum absolute atomic E-state index is 13.4. The summed E-state index contributed by atoms with van der Waals surface area (Å²) in [6.07, 6.45) is 5.12. The molecule has 2 atom stereocenters. The summed E-state index contributed by atoms with van der Waals surface area (Å²) < 4.78 is 8.20. The number of ether oxygens (including phenoxy) is 1. The predicted octanol–water partition coefficient (Wildman–Crippen LogP) is 5.00. The van der Waals surface area contributed by atoms with E-state index in [0.29, 0.717) is 33.7 Å². The molecule has 5 aromatic rings. The van der Waals surface area contributed by atoms with Crippen LogP contribution in [0, 0.1) is 12.8 Å². The molecule has 0 spiro atoms. The average molecular weight is 499 g/mol. The summed E-state index contributed by atoms with van der Waals surface area (Å²) in [6.45, 7) is 1.94. The van der Waals surface area contributed by atoms with Crippen molar-refractivity contribution in [3.05, 3.63) is 81.4 Å². The number of pyridine rings is 1. The van der Waals surface area contributed by atoms with Gasteiger partial charge in [-0.25, -0.2) is 9.78 Å². The van der Waals surface area contributed by atoms with E-state index >= 15 is 0 Å². The second-order valence-electron chi connectivity index (χ2n) is 9.47. The summed E-state index contributed by atoms with van der Waals surface area (Å²) in [7, 11) is 0. The van der Waals surface area contributed by atoms with Crippen LogP contribution in [0.5, 0.6) is 11.5 Å². The molecule has 0 aliphatic heterocycles. The SMILES string of the molecule is Cc1cc(Oc2ccccc2)ccc1-n1c(=O)nc2c(=C(O)C[C@H]3CC[C@H](N)C3)sc3nccc1c32. The van der Waals surface area contributed by atoms with E-state index in [2.05, 4.69) is 9.97 Å². The summed E-state index contributed by atoms with van der Waals surface area (Å²) in [4.78, 5) is 23.1. The molecule has 0 unspecified atom stereocenters. The van der Waals surface area contributed by atoms with Crippen LogP contribution in [0.25, 0.3) is 32.7 Å². The molecule has 182 valence electrons. The van der Waals surface area contributed by atoms with Gasteiger partial charge in [0.05, 0.1) is 21.1 Å². The Labute approximate surface area is 211 Å². The fourth-order valence-corrected chi connectivity index (χ4v) is 6.25. The maximum Gasteiger partial charge on any atom is 0.353 e. The molecule has 0 radical (unpaired) electrons. The van der Waals surface area contributed by atoms with Gasteiger partial charge < -0.3 is 15.6 Å². The second kappa shape index (κ2) is 9.04. The molecule has 0 bridgehead atoms. The number of benzene rings is 2. The van der Waals surface area contributed by atoms with Crippen molar-refractivity contribution in [2.75, 3.05) is 0 Å². The van der Waals surface area contributed by atoms with E-state index in [0.717, 1.165) is 46.5 Å². The molecule has 3 heterocycles. The van der Waals surface area contributed by atoms with Crippen molar-refractivity contribution in [3.8, 4) is 17.2 Å². The predicted molar refractivity (Wildman–Crippen MR) is 143 cm³/mol. The first kappa shape index (κ1) is 22.7. The van der Waals surface area contributed by atoms with E-state index < -0.39 is 5.69 Å². The molecule has 1 aliphatic rings. The van der Waals surface area contributed by atoms with Gasteiger partial charge in [-0.3, -0.25) is 4.57 Å². The maximum atomic E-state index is 13.4. The first-order valence-corrected chi connectivity index (χ1v) is 12.9. The number of hydrogen-bond acceptors (Lipinski definition) is 7. The van der Waals surface area contributed by atoms with Crippen LogP contribution in [0.4, 0.5) is 0 Å². The Kier molecular flexibility index (Phi) is 5.70. The van der Waals surface area contributed by atoms with E-state index in [1.54, 1.807) is 10.8 Å². The Balaban J connectivity index is 1.45. The Morgan fingerprint density at radius 2 is 2.00 bits per heavy atom. The third-order valence-corrected chi connectivity index (χ3v) is 8.03. The van der Waals surface area contributed by atoms with Crippen LogP contribution < -0.4 is 20.7 Å². The van der Waals surface area contributed by atoms with E-state index in [9.17, 15) is 9.90 Å². The van der Waals surface area contributed by atoms with E-state index in [1.807, 2.05) is 61.5 Å². The molecule has 2 aromatic carbocycles. The molecular formula is C28H26N4O3S. The van der Waals surface area contributed by atoms with E-state index in [4.69, 9.17) is 10.5 Å². The molecule has 1 aliphatic carbocycles. The lowest BCUT2D eigenvalue weighted by molar-refractivity contribution is 0.431. The number of aliphatic hydroxyl groups excluding tert-OH is 1. The number of thiophene rings is 1. The number of nitrogens with zero attached hydrogens (tertiary/aromatic N) is 3. The highest BCUT2D eigenvalue weighted by Crippen LogP contribution is 2.32. The minimum Gasteiger partial charge on any atom is -0.511 e. The highest BCUT2D eigenvalue weighted by atomic mass is 32.1. The number of nitrogens with two attached hydrogens (primary N) is 1. The molecule has 7 nitrogen and oxygen atoms in total. The smallest absolute Gasteiger partial charge is 0.353 e. The first-order chi connectivity index (χ1) is 17.5. The van der Waals surface area contributed by atoms with Crippen LogP contribution in [0.15, 0.2) is 65.6 Å². The van der Waals surface area contributed by atoms with Gasteiger partial charge >= 0.3 is 5.69 Å². The zero-order valence-electron chi connectivity index (χ0n) is 19.8. The van der Waals surface area contributed by atoms with Crippen LogP contribution in [-0.4, -0.2) is 25.7 Å². The van der Waals surface area contributed by atoms with Gasteiger partial charge in [0, 0.05) is 18.7 Å². The molecule has 0 saturated heterocycles. The van der Waals surface area contributed by atoms with Gasteiger partial charge in [-0.15, -0.1) is 11.3 Å². The summed E-state index contributed by atoms with van der Waals surface area (Å²) in [5.41, 5.74) is 8.49. The summed E-state index contributed by atoms with van der Waals surface area (Å²) in [5.74, 6) is 2.05. The Morgan fingerprint density at radius 1 is 1.17 bits per heavy atom. The minimum absolute atomic E-state index is 0.198. The van der Waals surface area contributed by atoms with Crippen molar-refractivity contribution in [2.24, 2.45) is 11.7 Å². The summed E-state index contributed by atoms with van der Waals surface area (Å²) >= 11 is 1.38. The van der Waals surface area contributed by atoms with Crippen LogP contribution >= 0.6 is 11.3 Å². The topological polar surface area (TPSA) is 103 Å². The van der Waals surface area contributed by atoms with Gasteiger partial charge in [0.2, 0.25) is 0 Å². The van der Waals surface area contributed by atoms with Gasteiger partial charge in [0.1, 0.15) is 27.6 Å². The lowest BCUT2D eigenvalue weighted by atomic mass is 10.0. The standard InChI is InChI=1S/C28H26N4O3S/c1-16-13-20(35-19-5-3-2-4-6-19)9-10-21(16)32-22-11-12-30-27-24(22)25(31-28(32)34)26(36-27)23(33)15-17-7-8-18(29)14-17/h2-6,9-13,17-18,33H,7-8,14-15,29H2,1H3/t17-,18-/m0/s1. The van der Waals surface area contributed by atoms with Crippen molar-refractivity contribution < 1.29 is 9.84 Å². The number of rotatable bonds is 5. The minimum atomic E-state index is -0.398. The molecule has 1 saturated carbocycles. The van der Waals surface area contributed by atoms with E-state index in [-0.39, 0.29) is 11.8 Å². The zero-order valence-corrected chi connectivity index (χ0v) is 20.7. The van der Waals surface area contributed by atoms with Gasteiger partial charge in [0.15, 0.2) is 0 Å². The Bertz CT molecular complexity index is 1690. The van der Waals surface area contributed by atoms with Crippen LogP contribution in [0.1, 0.15) is 31.2 Å². The number of aliphatic hydroxyl groups is 1. The van der Waals surface area contributed by atoms with Gasteiger partial charge in [0.25, 0.3) is 0 Å². The molecule has 8 heteroatoms. The highest BCUT2D eigenvalue weighted by molar-refractivity contribution is 7.17. The van der Waals surface area contributed by atoms with Crippen molar-refractivity contribution in [2.45, 2.75) is 38.6 Å². The molecule has 1 fully saturated rings. The van der Waals surface area contributed by atoms with Gasteiger partial charge in [-0.2, -0.15) is 4.98 Å². The van der Waals surface area contributed by atoms with Crippen LogP contribution in [0.3, 0.4) is 0 Å². The summed E-state index contributed by atoms with van der Waals surface area (Å²) in [5, 5.41) is 11.8. The quantitative estimate of drug-likeness (QED) is 0.354. The number of para-hydroxylation sites is 1. The molecule has 0 amide bonds. The third-order valence-electron chi connectivity index (χ3n) is 6.90. The monoisotopic (exact) mass is 498 g/mol. The Hall–Kier alpha value is -3.75.